The van der Waals surface area contributed by atoms with E-state index in [1.54, 1.807) is 31.2 Å². The molecule has 1 atom stereocenters. The molecule has 20 heavy (non-hydrogen) atoms. The van der Waals surface area contributed by atoms with E-state index in [1.165, 1.54) is 12.1 Å². The van der Waals surface area contributed by atoms with Crippen LogP contribution >= 0.6 is 11.6 Å². The molecule has 2 nitrogen and oxygen atoms in total. The molecule has 0 aliphatic rings. The van der Waals surface area contributed by atoms with Crippen LogP contribution in [0, 0.1) is 5.82 Å². The second kappa shape index (κ2) is 6.16. The van der Waals surface area contributed by atoms with Crippen molar-refractivity contribution in [2.45, 2.75) is 19.4 Å². The number of rotatable bonds is 4. The van der Waals surface area contributed by atoms with Crippen LogP contribution in [0.25, 0.3) is 11.1 Å². The first-order chi connectivity index (χ1) is 9.60. The number of aliphatic hydroxyl groups excluding tert-OH is 1. The molecule has 0 fully saturated rings. The average Bonchev–Trinajstić information content (AvgIpc) is 2.47. The van der Waals surface area contributed by atoms with Gasteiger partial charge < -0.3 is 5.11 Å². The molecule has 0 amide bonds. The van der Waals surface area contributed by atoms with Crippen LogP contribution in [0.2, 0.25) is 5.02 Å². The first-order valence-corrected chi connectivity index (χ1v) is 6.68. The Labute approximate surface area is 121 Å². The van der Waals surface area contributed by atoms with Crippen molar-refractivity contribution in [1.29, 1.82) is 0 Å². The minimum Gasteiger partial charge on any atom is -0.388 e. The molecule has 2 aromatic carbocycles. The molecule has 2 aromatic rings. The third kappa shape index (κ3) is 2.60. The van der Waals surface area contributed by atoms with E-state index in [-0.39, 0.29) is 16.1 Å². The summed E-state index contributed by atoms with van der Waals surface area (Å²) in [5.41, 5.74) is 1.12. The maximum Gasteiger partial charge on any atom is 0.150 e. The number of benzene rings is 2. The van der Waals surface area contributed by atoms with Crippen molar-refractivity contribution < 1.29 is 14.3 Å². The fourth-order valence-corrected chi connectivity index (χ4v) is 2.37. The lowest BCUT2D eigenvalue weighted by molar-refractivity contribution is 0.112. The van der Waals surface area contributed by atoms with Gasteiger partial charge in [0.2, 0.25) is 0 Å². The second-order valence-corrected chi connectivity index (χ2v) is 4.86. The van der Waals surface area contributed by atoms with Gasteiger partial charge in [0.25, 0.3) is 0 Å². The molecule has 0 aliphatic heterocycles. The van der Waals surface area contributed by atoms with Crippen LogP contribution in [-0.4, -0.2) is 11.4 Å². The van der Waals surface area contributed by atoms with E-state index < -0.39 is 11.9 Å². The van der Waals surface area contributed by atoms with Crippen LogP contribution in [0.4, 0.5) is 4.39 Å². The molecule has 104 valence electrons. The molecule has 0 saturated heterocycles. The van der Waals surface area contributed by atoms with Crippen molar-refractivity contribution in [2.75, 3.05) is 0 Å². The summed E-state index contributed by atoms with van der Waals surface area (Å²) >= 11 is 6.08. The summed E-state index contributed by atoms with van der Waals surface area (Å²) < 4.78 is 14.6. The third-order valence-electron chi connectivity index (χ3n) is 3.22. The minimum absolute atomic E-state index is 0.152. The minimum atomic E-state index is -0.894. The Kier molecular flexibility index (Phi) is 4.53. The van der Waals surface area contributed by atoms with E-state index in [0.717, 1.165) is 0 Å². The molecule has 4 heteroatoms. The van der Waals surface area contributed by atoms with Gasteiger partial charge in [0.15, 0.2) is 6.29 Å². The van der Waals surface area contributed by atoms with Gasteiger partial charge in [0.05, 0.1) is 11.1 Å². The summed E-state index contributed by atoms with van der Waals surface area (Å²) in [5, 5.41) is 10.1. The molecule has 0 aliphatic carbocycles. The molecule has 1 unspecified atom stereocenters. The SMILES string of the molecule is CCC(O)c1ccc(Cl)c(-c2ccccc2C=O)c1F. The predicted molar refractivity (Wildman–Crippen MR) is 77.5 cm³/mol. The summed E-state index contributed by atoms with van der Waals surface area (Å²) in [7, 11) is 0. The molecule has 0 bridgehead atoms. The Bertz CT molecular complexity index is 640. The Morgan fingerprint density at radius 1 is 1.30 bits per heavy atom. The van der Waals surface area contributed by atoms with Gasteiger partial charge in [-0.15, -0.1) is 0 Å². The number of aliphatic hydroxyl groups is 1. The number of aldehydes is 1. The molecule has 0 saturated carbocycles. The van der Waals surface area contributed by atoms with Gasteiger partial charge >= 0.3 is 0 Å². The zero-order valence-corrected chi connectivity index (χ0v) is 11.7. The third-order valence-corrected chi connectivity index (χ3v) is 3.54. The van der Waals surface area contributed by atoms with Crippen LogP contribution in [-0.2, 0) is 0 Å². The van der Waals surface area contributed by atoms with Crippen molar-refractivity contribution in [1.82, 2.24) is 0 Å². The van der Waals surface area contributed by atoms with E-state index in [2.05, 4.69) is 0 Å². The summed E-state index contributed by atoms with van der Waals surface area (Å²) in [5.74, 6) is -0.582. The van der Waals surface area contributed by atoms with E-state index in [0.29, 0.717) is 23.8 Å². The fraction of sp³-hybridized carbons (Fsp3) is 0.188. The van der Waals surface area contributed by atoms with E-state index in [1.807, 2.05) is 0 Å². The molecule has 1 N–H and O–H groups in total. The number of hydrogen-bond donors (Lipinski definition) is 1. The van der Waals surface area contributed by atoms with Crippen molar-refractivity contribution in [3.63, 3.8) is 0 Å². The Morgan fingerprint density at radius 2 is 2.00 bits per heavy atom. The van der Waals surface area contributed by atoms with Gasteiger partial charge in [-0.25, -0.2) is 4.39 Å². The summed E-state index contributed by atoms with van der Waals surface area (Å²) in [4.78, 5) is 11.1. The Morgan fingerprint density at radius 3 is 2.65 bits per heavy atom. The number of halogens is 2. The zero-order chi connectivity index (χ0) is 14.7. The molecular weight excluding hydrogens is 279 g/mol. The highest BCUT2D eigenvalue weighted by Crippen LogP contribution is 2.36. The van der Waals surface area contributed by atoms with Crippen LogP contribution in [0.1, 0.15) is 35.4 Å². The summed E-state index contributed by atoms with van der Waals surface area (Å²) in [6.07, 6.45) is 0.163. The van der Waals surface area contributed by atoms with Crippen LogP contribution in [0.3, 0.4) is 0 Å². The van der Waals surface area contributed by atoms with Gasteiger partial charge in [-0.3, -0.25) is 4.79 Å². The normalized spacial score (nSPS) is 12.2. The largest absolute Gasteiger partial charge is 0.388 e. The second-order valence-electron chi connectivity index (χ2n) is 4.45. The smallest absolute Gasteiger partial charge is 0.150 e. The van der Waals surface area contributed by atoms with Crippen molar-refractivity contribution in [3.8, 4) is 11.1 Å². The molecule has 0 aromatic heterocycles. The predicted octanol–water partition coefficient (Wildman–Crippen LogP) is 4.40. The Hall–Kier alpha value is -1.71. The van der Waals surface area contributed by atoms with Crippen molar-refractivity contribution in [3.05, 3.63) is 58.4 Å². The van der Waals surface area contributed by atoms with Gasteiger partial charge in [0, 0.05) is 16.7 Å². The number of carbonyl (C=O) groups is 1. The van der Waals surface area contributed by atoms with Crippen LogP contribution < -0.4 is 0 Å². The molecule has 0 radical (unpaired) electrons. The van der Waals surface area contributed by atoms with E-state index in [9.17, 15) is 14.3 Å². The Balaban J connectivity index is 2.70. The van der Waals surface area contributed by atoms with Crippen molar-refractivity contribution >= 4 is 17.9 Å². The molecule has 0 spiro atoms. The fourth-order valence-electron chi connectivity index (χ4n) is 2.12. The molecule has 2 rings (SSSR count). The zero-order valence-electron chi connectivity index (χ0n) is 10.9. The highest BCUT2D eigenvalue weighted by Gasteiger charge is 2.19. The number of carbonyl (C=O) groups excluding carboxylic acids is 1. The maximum absolute atomic E-state index is 14.6. The average molecular weight is 293 g/mol. The number of hydrogen-bond acceptors (Lipinski definition) is 2. The summed E-state index contributed by atoms with van der Waals surface area (Å²) in [6, 6.07) is 9.65. The van der Waals surface area contributed by atoms with Gasteiger partial charge in [-0.05, 0) is 18.1 Å². The quantitative estimate of drug-likeness (QED) is 0.848. The first-order valence-electron chi connectivity index (χ1n) is 6.30. The summed E-state index contributed by atoms with van der Waals surface area (Å²) in [6.45, 7) is 1.76. The lowest BCUT2D eigenvalue weighted by Gasteiger charge is -2.15. The van der Waals surface area contributed by atoms with Crippen molar-refractivity contribution in [2.24, 2.45) is 0 Å². The standard InChI is InChI=1S/C16H14ClFO2/c1-2-14(20)12-7-8-13(17)15(16(12)18)11-6-4-3-5-10(11)9-19/h3-9,14,20H,2H2,1H3. The molecular formula is C16H14ClFO2. The van der Waals surface area contributed by atoms with E-state index >= 15 is 0 Å². The maximum atomic E-state index is 14.6. The van der Waals surface area contributed by atoms with Gasteiger partial charge in [-0.2, -0.15) is 0 Å². The van der Waals surface area contributed by atoms with Crippen LogP contribution in [0.5, 0.6) is 0 Å². The van der Waals surface area contributed by atoms with Gasteiger partial charge in [0.1, 0.15) is 5.82 Å². The first kappa shape index (κ1) is 14.7. The highest BCUT2D eigenvalue weighted by atomic mass is 35.5. The topological polar surface area (TPSA) is 37.3 Å². The lowest BCUT2D eigenvalue weighted by Crippen LogP contribution is -2.02. The monoisotopic (exact) mass is 292 g/mol. The van der Waals surface area contributed by atoms with Gasteiger partial charge in [-0.1, -0.05) is 48.9 Å². The molecule has 0 heterocycles. The van der Waals surface area contributed by atoms with E-state index in [4.69, 9.17) is 11.6 Å². The highest BCUT2D eigenvalue weighted by molar-refractivity contribution is 6.33. The van der Waals surface area contributed by atoms with Crippen LogP contribution in [0.15, 0.2) is 36.4 Å². The lowest BCUT2D eigenvalue weighted by atomic mass is 9.95.